The van der Waals surface area contributed by atoms with Gasteiger partial charge in [-0.25, -0.2) is 4.79 Å². The molecular weight excluding hydrogens is 288 g/mol. The second-order valence-corrected chi connectivity index (χ2v) is 7.54. The summed E-state index contributed by atoms with van der Waals surface area (Å²) < 4.78 is 5.57. The molecule has 1 heterocycles. The van der Waals surface area contributed by atoms with Gasteiger partial charge in [0.25, 0.3) is 0 Å². The summed E-state index contributed by atoms with van der Waals surface area (Å²) in [6.07, 6.45) is 11.6. The minimum Gasteiger partial charge on any atom is -0.454 e. The number of allylic oxidation sites excluding steroid dienone is 4. The van der Waals surface area contributed by atoms with Crippen LogP contribution in [0.15, 0.2) is 34.9 Å². The second kappa shape index (κ2) is 7.48. The number of hydrogen-bond donors (Lipinski definition) is 1. The van der Waals surface area contributed by atoms with E-state index in [4.69, 9.17) is 4.74 Å². The van der Waals surface area contributed by atoms with Crippen LogP contribution < -0.4 is 0 Å². The Kier molecular flexibility index (Phi) is 5.85. The first kappa shape index (κ1) is 18.0. The molecule has 0 aromatic heterocycles. The van der Waals surface area contributed by atoms with Crippen molar-refractivity contribution in [1.29, 1.82) is 0 Å². The normalized spacial score (nSPS) is 32.0. The van der Waals surface area contributed by atoms with Gasteiger partial charge in [-0.2, -0.15) is 0 Å². The maximum atomic E-state index is 12.1. The fourth-order valence-corrected chi connectivity index (χ4v) is 3.41. The van der Waals surface area contributed by atoms with Crippen molar-refractivity contribution >= 4 is 5.97 Å². The van der Waals surface area contributed by atoms with E-state index in [0.717, 1.165) is 44.1 Å². The molecule has 3 heteroatoms. The van der Waals surface area contributed by atoms with Gasteiger partial charge in [-0.15, -0.1) is 0 Å². The zero-order chi connectivity index (χ0) is 17.0. The summed E-state index contributed by atoms with van der Waals surface area (Å²) in [6, 6.07) is 0. The molecule has 0 unspecified atom stereocenters. The monoisotopic (exact) mass is 318 g/mol. The predicted octanol–water partition coefficient (Wildman–Crippen LogP) is 4.47. The lowest BCUT2D eigenvalue weighted by atomic mass is 9.81. The van der Waals surface area contributed by atoms with Crippen LogP contribution in [0.2, 0.25) is 0 Å². The van der Waals surface area contributed by atoms with E-state index in [1.54, 1.807) is 0 Å². The molecule has 0 aromatic rings. The fraction of sp³-hybridized carbons (Fsp3) is 0.650. The van der Waals surface area contributed by atoms with Crippen LogP contribution in [0, 0.1) is 5.92 Å². The van der Waals surface area contributed by atoms with Gasteiger partial charge >= 0.3 is 5.97 Å². The van der Waals surface area contributed by atoms with Gasteiger partial charge in [0.2, 0.25) is 0 Å². The average Bonchev–Trinajstić information content (AvgIpc) is 2.78. The van der Waals surface area contributed by atoms with Crippen molar-refractivity contribution in [2.45, 2.75) is 77.9 Å². The quantitative estimate of drug-likeness (QED) is 0.573. The van der Waals surface area contributed by atoms with Gasteiger partial charge in [-0.3, -0.25) is 0 Å². The maximum absolute atomic E-state index is 12.1. The summed E-state index contributed by atoms with van der Waals surface area (Å²) in [7, 11) is 0. The van der Waals surface area contributed by atoms with Crippen LogP contribution in [0.1, 0.15) is 66.2 Å². The van der Waals surface area contributed by atoms with Crippen LogP contribution in [-0.2, 0) is 9.53 Å². The van der Waals surface area contributed by atoms with E-state index in [1.165, 1.54) is 11.1 Å². The molecule has 0 saturated heterocycles. The minimum atomic E-state index is -0.870. The maximum Gasteiger partial charge on any atom is 0.334 e. The number of carbonyl (C=O) groups is 1. The Morgan fingerprint density at radius 3 is 2.35 bits per heavy atom. The third-order valence-corrected chi connectivity index (χ3v) is 4.96. The summed E-state index contributed by atoms with van der Waals surface area (Å²) in [4.78, 5) is 12.1. The van der Waals surface area contributed by atoms with Crippen LogP contribution in [0.3, 0.4) is 0 Å². The lowest BCUT2D eigenvalue weighted by Crippen LogP contribution is -2.39. The van der Waals surface area contributed by atoms with Crippen LogP contribution >= 0.6 is 0 Å². The van der Waals surface area contributed by atoms with Gasteiger partial charge in [0.1, 0.15) is 6.10 Å². The Labute approximate surface area is 140 Å². The van der Waals surface area contributed by atoms with Gasteiger partial charge in [-0.05, 0) is 72.3 Å². The summed E-state index contributed by atoms with van der Waals surface area (Å²) in [5, 5.41) is 10.5. The van der Waals surface area contributed by atoms with Crippen molar-refractivity contribution in [2.75, 3.05) is 0 Å². The van der Waals surface area contributed by atoms with Crippen molar-refractivity contribution in [3.05, 3.63) is 34.9 Å². The van der Waals surface area contributed by atoms with E-state index in [1.807, 2.05) is 19.9 Å². The van der Waals surface area contributed by atoms with Gasteiger partial charge in [0.05, 0.1) is 5.60 Å². The highest BCUT2D eigenvalue weighted by Crippen LogP contribution is 2.34. The van der Waals surface area contributed by atoms with E-state index in [2.05, 4.69) is 26.0 Å². The van der Waals surface area contributed by atoms with Crippen LogP contribution in [0.5, 0.6) is 0 Å². The van der Waals surface area contributed by atoms with E-state index in [9.17, 15) is 9.90 Å². The molecule has 0 amide bonds. The van der Waals surface area contributed by atoms with Crippen molar-refractivity contribution in [2.24, 2.45) is 5.92 Å². The molecule has 2 aliphatic rings. The molecule has 0 fully saturated rings. The SMILES string of the molecule is C/C1=C\CCC2=C[C@H](OC2=O)[C@@H](C(C)(C)O)CC/C(C)=C/CC1. The average molecular weight is 318 g/mol. The summed E-state index contributed by atoms with van der Waals surface area (Å²) in [5.41, 5.74) is 2.62. The Hall–Kier alpha value is -1.35. The molecular formula is C20H30O3. The van der Waals surface area contributed by atoms with Crippen LogP contribution in [0.25, 0.3) is 0 Å². The highest BCUT2D eigenvalue weighted by atomic mass is 16.5. The smallest absolute Gasteiger partial charge is 0.334 e. The number of ether oxygens (including phenoxy) is 1. The lowest BCUT2D eigenvalue weighted by molar-refractivity contribution is -0.145. The summed E-state index contributed by atoms with van der Waals surface area (Å²) in [6.45, 7) is 7.93. The first-order valence-corrected chi connectivity index (χ1v) is 8.72. The molecule has 1 N–H and O–H groups in total. The Balaban J connectivity index is 2.25. The van der Waals surface area contributed by atoms with Crippen molar-refractivity contribution < 1.29 is 14.6 Å². The van der Waals surface area contributed by atoms with Crippen LogP contribution in [0.4, 0.5) is 0 Å². The minimum absolute atomic E-state index is 0.0764. The number of aliphatic hydroxyl groups is 1. The molecule has 0 spiro atoms. The number of rotatable bonds is 1. The van der Waals surface area contributed by atoms with E-state index < -0.39 is 5.60 Å². The largest absolute Gasteiger partial charge is 0.454 e. The molecule has 1 aliphatic carbocycles. The first-order valence-electron chi connectivity index (χ1n) is 8.72. The Morgan fingerprint density at radius 2 is 1.70 bits per heavy atom. The number of carbonyl (C=O) groups excluding carboxylic acids is 1. The molecule has 128 valence electrons. The zero-order valence-electron chi connectivity index (χ0n) is 14.9. The third kappa shape index (κ3) is 5.07. The lowest BCUT2D eigenvalue weighted by Gasteiger charge is -2.32. The van der Waals surface area contributed by atoms with Crippen molar-refractivity contribution in [1.82, 2.24) is 0 Å². The van der Waals surface area contributed by atoms with Gasteiger partial charge in [0, 0.05) is 11.5 Å². The molecule has 0 saturated carbocycles. The van der Waals surface area contributed by atoms with Gasteiger partial charge in [0.15, 0.2) is 0 Å². The highest BCUT2D eigenvalue weighted by Gasteiger charge is 2.38. The number of hydrogen-bond acceptors (Lipinski definition) is 3. The zero-order valence-corrected chi connectivity index (χ0v) is 14.9. The molecule has 23 heavy (non-hydrogen) atoms. The third-order valence-electron chi connectivity index (χ3n) is 4.96. The molecule has 2 rings (SSSR count). The molecule has 0 radical (unpaired) electrons. The summed E-state index contributed by atoms with van der Waals surface area (Å²) >= 11 is 0. The van der Waals surface area contributed by atoms with Gasteiger partial charge in [-0.1, -0.05) is 23.3 Å². The molecule has 3 nitrogen and oxygen atoms in total. The van der Waals surface area contributed by atoms with E-state index >= 15 is 0 Å². The number of fused-ring (bicyclic) bond motifs is 1. The molecule has 0 aromatic carbocycles. The second-order valence-electron chi connectivity index (χ2n) is 7.54. The number of esters is 1. The Bertz CT molecular complexity index is 532. The standard InChI is InChI=1S/C20H30O3/c1-14-7-5-8-15(2)11-12-17(20(3,4)22)18-13-16(10-6-9-14)19(21)23-18/h8-9,13,17-18,22H,5-7,10-12H2,1-4H3/b14-9+,15-8+/t17-,18-/m0/s1. The van der Waals surface area contributed by atoms with E-state index in [0.29, 0.717) is 0 Å². The summed E-state index contributed by atoms with van der Waals surface area (Å²) in [5.74, 6) is -0.287. The molecule has 2 atom stereocenters. The van der Waals surface area contributed by atoms with Gasteiger partial charge < -0.3 is 9.84 Å². The predicted molar refractivity (Wildman–Crippen MR) is 93.0 cm³/mol. The highest BCUT2D eigenvalue weighted by molar-refractivity contribution is 5.90. The van der Waals surface area contributed by atoms with Crippen LogP contribution in [-0.4, -0.2) is 22.8 Å². The fourth-order valence-electron chi connectivity index (χ4n) is 3.41. The molecule has 2 bridgehead atoms. The molecule has 1 aliphatic heterocycles. The van der Waals surface area contributed by atoms with Crippen molar-refractivity contribution in [3.63, 3.8) is 0 Å². The van der Waals surface area contributed by atoms with E-state index in [-0.39, 0.29) is 18.0 Å². The Morgan fingerprint density at radius 1 is 1.09 bits per heavy atom. The topological polar surface area (TPSA) is 46.5 Å². The van der Waals surface area contributed by atoms with Crippen molar-refractivity contribution in [3.8, 4) is 0 Å². The first-order chi connectivity index (χ1) is 10.8.